The van der Waals surface area contributed by atoms with E-state index in [9.17, 15) is 9.00 Å². The zero-order valence-electron chi connectivity index (χ0n) is 25.9. The van der Waals surface area contributed by atoms with Gasteiger partial charge in [0.15, 0.2) is 0 Å². The predicted molar refractivity (Wildman–Crippen MR) is 192 cm³/mol. The van der Waals surface area contributed by atoms with Crippen LogP contribution in [0.5, 0.6) is 0 Å². The Balaban J connectivity index is 1.24. The van der Waals surface area contributed by atoms with Crippen LogP contribution in [0.4, 0.5) is 11.6 Å². The Labute approximate surface area is 284 Å². The van der Waals surface area contributed by atoms with E-state index < -0.39 is 9.52 Å². The molecule has 3 aromatic heterocycles. The summed E-state index contributed by atoms with van der Waals surface area (Å²) in [5.74, 6) is 5.12. The van der Waals surface area contributed by atoms with Crippen LogP contribution in [-0.2, 0) is 15.9 Å². The largest absolute Gasteiger partial charge is 0.324 e. The van der Waals surface area contributed by atoms with Crippen LogP contribution in [-0.4, -0.2) is 42.7 Å². The van der Waals surface area contributed by atoms with Gasteiger partial charge in [-0.15, -0.1) is 0 Å². The summed E-state index contributed by atoms with van der Waals surface area (Å²) in [5, 5.41) is 7.90. The van der Waals surface area contributed by atoms with Crippen LogP contribution in [0.2, 0.25) is 10.0 Å². The molecule has 11 heteroatoms. The Morgan fingerprint density at radius 2 is 1.62 bits per heavy atom. The Kier molecular flexibility index (Phi) is 9.07. The monoisotopic (exact) mass is 686 g/mol. The summed E-state index contributed by atoms with van der Waals surface area (Å²) >= 11 is 13.7. The maximum Gasteiger partial charge on any atom is 0.260 e. The van der Waals surface area contributed by atoms with Gasteiger partial charge in [0.1, 0.15) is 5.65 Å². The fourth-order valence-electron chi connectivity index (χ4n) is 6.82. The number of fused-ring (bicyclic) bond motifs is 1. The summed E-state index contributed by atoms with van der Waals surface area (Å²) in [4.78, 5) is 28.7. The molecule has 0 bridgehead atoms. The number of halogens is 2. The van der Waals surface area contributed by atoms with E-state index in [2.05, 4.69) is 50.7 Å². The molecular weight excluding hydrogens is 651 g/mol. The average molecular weight is 688 g/mol. The number of piperidine rings is 1. The Hall–Kier alpha value is -3.76. The number of benzene rings is 2. The minimum Gasteiger partial charge on any atom is -0.324 e. The van der Waals surface area contributed by atoms with E-state index >= 15 is 0 Å². The molecule has 8 nitrogen and oxygen atoms in total. The lowest BCUT2D eigenvalue weighted by Crippen LogP contribution is -2.28. The molecule has 242 valence electrons. The number of nitrogens with one attached hydrogen (secondary N) is 2. The number of hydrogen-bond donors (Lipinski definition) is 2. The SMILES string of the molecule is C=S(=O)(c1ccncc1)c1cc(Cl)c(-c2cc3cnc(Nc4ccc(CC5CCNCC5)cc4)nc3n(C3CCCC3)c2=O)c(Cl)c1. The molecule has 2 aromatic carbocycles. The standard InChI is InChI=1S/C36H36Cl2N6O2S/c1-47(46,28-12-16-40-17-13-28)29-20-31(37)33(32(38)21-29)30-19-25-22-41-36(43-34(25)44(35(30)45)27-4-2-3-5-27)42-26-8-6-23(7-9-26)18-24-10-14-39-15-11-24/h6-9,12-13,16-17,19-22,24,27,39H,1-5,10-11,14-15,18H2,(H,41,42,43). The van der Waals surface area contributed by atoms with Crippen LogP contribution >= 0.6 is 23.2 Å². The molecule has 4 heterocycles. The van der Waals surface area contributed by atoms with Crippen LogP contribution in [0.25, 0.3) is 22.2 Å². The molecule has 0 radical (unpaired) electrons. The van der Waals surface area contributed by atoms with Crippen molar-refractivity contribution in [2.75, 3.05) is 18.4 Å². The minimum absolute atomic E-state index is 0.0101. The zero-order valence-corrected chi connectivity index (χ0v) is 28.3. The van der Waals surface area contributed by atoms with Crippen LogP contribution < -0.4 is 16.2 Å². The second kappa shape index (κ2) is 13.4. The van der Waals surface area contributed by atoms with Crippen LogP contribution in [0.3, 0.4) is 0 Å². The predicted octanol–water partition coefficient (Wildman–Crippen LogP) is 7.70. The lowest BCUT2D eigenvalue weighted by Gasteiger charge is -2.22. The summed E-state index contributed by atoms with van der Waals surface area (Å²) in [7, 11) is -2.91. The van der Waals surface area contributed by atoms with Gasteiger partial charge in [-0.25, -0.2) is 4.98 Å². The van der Waals surface area contributed by atoms with E-state index in [4.69, 9.17) is 28.2 Å². The smallest absolute Gasteiger partial charge is 0.260 e. The quantitative estimate of drug-likeness (QED) is 0.161. The van der Waals surface area contributed by atoms with Gasteiger partial charge in [0.2, 0.25) is 5.95 Å². The van der Waals surface area contributed by atoms with Gasteiger partial charge in [-0.2, -0.15) is 4.98 Å². The molecule has 0 amide bonds. The van der Waals surface area contributed by atoms with E-state index in [-0.39, 0.29) is 21.6 Å². The first-order valence-electron chi connectivity index (χ1n) is 16.0. The van der Waals surface area contributed by atoms with Crippen molar-refractivity contribution in [2.45, 2.75) is 60.8 Å². The molecule has 2 aliphatic rings. The molecule has 1 saturated carbocycles. The van der Waals surface area contributed by atoms with Crippen molar-refractivity contribution in [3.63, 3.8) is 0 Å². The van der Waals surface area contributed by atoms with E-state index in [1.165, 1.54) is 18.4 Å². The second-order valence-electron chi connectivity index (χ2n) is 12.5. The molecule has 1 unspecified atom stereocenters. The third-order valence-electron chi connectivity index (χ3n) is 9.35. The van der Waals surface area contributed by atoms with Crippen molar-refractivity contribution in [3.8, 4) is 11.1 Å². The summed E-state index contributed by atoms with van der Waals surface area (Å²) in [6.45, 7) is 2.19. The number of hydrogen-bond acceptors (Lipinski definition) is 7. The van der Waals surface area contributed by atoms with Crippen LogP contribution in [0, 0.1) is 5.92 Å². The van der Waals surface area contributed by atoms with Crippen molar-refractivity contribution in [1.29, 1.82) is 0 Å². The Bertz CT molecular complexity index is 2070. The highest BCUT2D eigenvalue weighted by molar-refractivity contribution is 8.00. The maximum absolute atomic E-state index is 14.3. The van der Waals surface area contributed by atoms with E-state index in [0.717, 1.165) is 56.8 Å². The topological polar surface area (TPSA) is 102 Å². The molecule has 0 spiro atoms. The maximum atomic E-state index is 14.3. The number of aromatic nitrogens is 4. The molecule has 2 N–H and O–H groups in total. The molecule has 5 aromatic rings. The first-order valence-corrected chi connectivity index (χ1v) is 18.5. The van der Waals surface area contributed by atoms with Gasteiger partial charge in [0, 0.05) is 60.6 Å². The molecule has 1 saturated heterocycles. The molecule has 1 aliphatic heterocycles. The third-order valence-corrected chi connectivity index (χ3v) is 12.0. The number of rotatable bonds is 8. The van der Waals surface area contributed by atoms with Gasteiger partial charge >= 0.3 is 0 Å². The lowest BCUT2D eigenvalue weighted by atomic mass is 9.91. The summed E-state index contributed by atoms with van der Waals surface area (Å²) in [6.07, 6.45) is 12.2. The highest BCUT2D eigenvalue weighted by Crippen LogP contribution is 2.39. The van der Waals surface area contributed by atoms with Crippen molar-refractivity contribution >= 4 is 61.3 Å². The Morgan fingerprint density at radius 1 is 0.936 bits per heavy atom. The van der Waals surface area contributed by atoms with Crippen molar-refractivity contribution < 1.29 is 4.21 Å². The van der Waals surface area contributed by atoms with Crippen molar-refractivity contribution in [1.82, 2.24) is 24.8 Å². The summed E-state index contributed by atoms with van der Waals surface area (Å²) in [6, 6.07) is 16.7. The molecule has 7 rings (SSSR count). The lowest BCUT2D eigenvalue weighted by molar-refractivity contribution is 0.372. The molecule has 1 atom stereocenters. The van der Waals surface area contributed by atoms with Gasteiger partial charge in [0.25, 0.3) is 5.56 Å². The molecule has 47 heavy (non-hydrogen) atoms. The van der Waals surface area contributed by atoms with Gasteiger partial charge in [-0.1, -0.05) is 48.2 Å². The zero-order chi connectivity index (χ0) is 32.5. The molecular formula is C36H36Cl2N6O2S. The van der Waals surface area contributed by atoms with Gasteiger partial charge < -0.3 is 10.6 Å². The fraction of sp³-hybridized carbons (Fsp3) is 0.306. The fourth-order valence-corrected chi connectivity index (χ4v) is 9.09. The highest BCUT2D eigenvalue weighted by atomic mass is 35.5. The molecule has 1 aliphatic carbocycles. The summed E-state index contributed by atoms with van der Waals surface area (Å²) in [5.41, 5.74) is 3.28. The van der Waals surface area contributed by atoms with Gasteiger partial charge in [-0.05, 0) is 105 Å². The highest BCUT2D eigenvalue weighted by Gasteiger charge is 2.26. The van der Waals surface area contributed by atoms with Crippen LogP contribution in [0.15, 0.2) is 87.8 Å². The van der Waals surface area contributed by atoms with E-state index in [1.807, 2.05) is 0 Å². The van der Waals surface area contributed by atoms with Crippen molar-refractivity contribution in [3.05, 3.63) is 99.2 Å². The first kappa shape index (κ1) is 31.8. The van der Waals surface area contributed by atoms with E-state index in [0.29, 0.717) is 37.9 Å². The normalized spacial score (nSPS) is 17.1. The Morgan fingerprint density at radius 3 is 2.30 bits per heavy atom. The average Bonchev–Trinajstić information content (AvgIpc) is 3.61. The minimum atomic E-state index is -2.91. The number of pyridine rings is 2. The second-order valence-corrected chi connectivity index (χ2v) is 15.6. The van der Waals surface area contributed by atoms with Gasteiger partial charge in [0.05, 0.1) is 15.6 Å². The molecule has 2 fully saturated rings. The van der Waals surface area contributed by atoms with Gasteiger partial charge in [-0.3, -0.25) is 18.6 Å². The number of nitrogens with zero attached hydrogens (tertiary/aromatic N) is 4. The third kappa shape index (κ3) is 6.54. The van der Waals surface area contributed by atoms with E-state index in [1.54, 1.807) is 53.5 Å². The number of anilines is 2. The first-order chi connectivity index (χ1) is 22.8. The summed E-state index contributed by atoms with van der Waals surface area (Å²) < 4.78 is 15.5. The van der Waals surface area contributed by atoms with Crippen molar-refractivity contribution in [2.24, 2.45) is 5.92 Å². The van der Waals surface area contributed by atoms with Crippen LogP contribution in [0.1, 0.15) is 50.1 Å².